The third kappa shape index (κ3) is 5.78. The number of hydrogen-bond donors (Lipinski definition) is 1. The summed E-state index contributed by atoms with van der Waals surface area (Å²) < 4.78 is 11.7. The zero-order valence-electron chi connectivity index (χ0n) is 19.8. The van der Waals surface area contributed by atoms with Gasteiger partial charge in [-0.1, -0.05) is 67.0 Å². The van der Waals surface area contributed by atoms with E-state index < -0.39 is 0 Å². The van der Waals surface area contributed by atoms with Gasteiger partial charge in [-0.25, -0.2) is 4.79 Å². The quantitative estimate of drug-likeness (QED) is 0.312. The molecule has 0 radical (unpaired) electrons. The van der Waals surface area contributed by atoms with E-state index in [1.54, 1.807) is 7.11 Å². The molecule has 0 saturated heterocycles. The van der Waals surface area contributed by atoms with Crippen molar-refractivity contribution in [2.24, 2.45) is 0 Å². The average Bonchev–Trinajstić information content (AvgIpc) is 2.66. The van der Waals surface area contributed by atoms with Gasteiger partial charge in [-0.05, 0) is 41.5 Å². The third-order valence-corrected chi connectivity index (χ3v) is 5.10. The first-order valence-electron chi connectivity index (χ1n) is 10.8. The largest absolute Gasteiger partial charge is 0.497 e. The molecule has 2 aromatic carbocycles. The number of rotatable bonds is 7. The van der Waals surface area contributed by atoms with Crippen LogP contribution in [-0.4, -0.2) is 19.6 Å². The molecule has 0 saturated carbocycles. The normalized spacial score (nSPS) is 11.9. The van der Waals surface area contributed by atoms with Crippen LogP contribution in [0.5, 0.6) is 11.5 Å². The molecule has 30 heavy (non-hydrogen) atoms. The minimum Gasteiger partial charge on any atom is -0.497 e. The van der Waals surface area contributed by atoms with Crippen molar-refractivity contribution in [2.75, 3.05) is 19.0 Å². The first-order chi connectivity index (χ1) is 14.0. The standard InChI is InChI=1S/C26H37NO3/c1-9-10-15-27-22-14-12-11-13-19(22)24(28)30-23-20(25(2,3)4)16-18(29-8)17-21(23)26(5,6)7/h11-14,16-17,27H,9-10,15H2,1-8H3. The van der Waals surface area contributed by atoms with Crippen molar-refractivity contribution in [3.63, 3.8) is 0 Å². The molecule has 0 aliphatic carbocycles. The summed E-state index contributed by atoms with van der Waals surface area (Å²) in [5.74, 6) is 1.05. The molecule has 0 fully saturated rings. The van der Waals surface area contributed by atoms with Crippen molar-refractivity contribution >= 4 is 11.7 Å². The Morgan fingerprint density at radius 2 is 1.53 bits per heavy atom. The molecule has 0 amide bonds. The van der Waals surface area contributed by atoms with Crippen LogP contribution in [0.2, 0.25) is 0 Å². The lowest BCUT2D eigenvalue weighted by atomic mass is 9.79. The maximum Gasteiger partial charge on any atom is 0.345 e. The van der Waals surface area contributed by atoms with Gasteiger partial charge in [0.15, 0.2) is 0 Å². The molecular formula is C26H37NO3. The van der Waals surface area contributed by atoms with Crippen molar-refractivity contribution in [1.29, 1.82) is 0 Å². The van der Waals surface area contributed by atoms with Crippen molar-refractivity contribution < 1.29 is 14.3 Å². The van der Waals surface area contributed by atoms with E-state index in [1.807, 2.05) is 36.4 Å². The molecular weight excluding hydrogens is 374 g/mol. The van der Waals surface area contributed by atoms with Gasteiger partial charge in [0.1, 0.15) is 11.5 Å². The number of ether oxygens (including phenoxy) is 2. The molecule has 2 aromatic rings. The zero-order chi connectivity index (χ0) is 22.5. The summed E-state index contributed by atoms with van der Waals surface area (Å²) in [6, 6.07) is 11.5. The Morgan fingerprint density at radius 1 is 0.967 bits per heavy atom. The second-order valence-electron chi connectivity index (χ2n) is 9.77. The zero-order valence-corrected chi connectivity index (χ0v) is 19.8. The summed E-state index contributed by atoms with van der Waals surface area (Å²) in [5.41, 5.74) is 2.82. The van der Waals surface area contributed by atoms with Crippen molar-refractivity contribution in [3.8, 4) is 11.5 Å². The number of anilines is 1. The summed E-state index contributed by atoms with van der Waals surface area (Å²) in [7, 11) is 1.66. The van der Waals surface area contributed by atoms with E-state index in [-0.39, 0.29) is 16.8 Å². The lowest BCUT2D eigenvalue weighted by Crippen LogP contribution is -2.22. The fourth-order valence-corrected chi connectivity index (χ4v) is 3.31. The monoisotopic (exact) mass is 411 g/mol. The summed E-state index contributed by atoms with van der Waals surface area (Å²) in [5, 5.41) is 3.37. The Balaban J connectivity index is 2.53. The van der Waals surface area contributed by atoms with E-state index in [0.717, 1.165) is 42.0 Å². The third-order valence-electron chi connectivity index (χ3n) is 5.10. The van der Waals surface area contributed by atoms with Crippen molar-refractivity contribution in [1.82, 2.24) is 0 Å². The van der Waals surface area contributed by atoms with Crippen molar-refractivity contribution in [3.05, 3.63) is 53.1 Å². The predicted molar refractivity (Wildman–Crippen MR) is 125 cm³/mol. The summed E-state index contributed by atoms with van der Waals surface area (Å²) in [6.45, 7) is 15.7. The second kappa shape index (κ2) is 9.55. The van der Waals surface area contributed by atoms with Gasteiger partial charge in [-0.3, -0.25) is 0 Å². The molecule has 4 heteroatoms. The molecule has 0 spiro atoms. The molecule has 4 nitrogen and oxygen atoms in total. The molecule has 0 aliphatic rings. The molecule has 0 aliphatic heterocycles. The van der Waals surface area contributed by atoms with Gasteiger partial charge in [-0.2, -0.15) is 0 Å². The number of unbranched alkanes of at least 4 members (excludes halogenated alkanes) is 1. The number of benzene rings is 2. The summed E-state index contributed by atoms with van der Waals surface area (Å²) in [6.07, 6.45) is 2.14. The van der Waals surface area contributed by atoms with Gasteiger partial charge in [0, 0.05) is 23.4 Å². The van der Waals surface area contributed by atoms with E-state index in [1.165, 1.54) is 0 Å². The van der Waals surface area contributed by atoms with E-state index >= 15 is 0 Å². The maximum atomic E-state index is 13.3. The molecule has 0 aromatic heterocycles. The number of hydrogen-bond acceptors (Lipinski definition) is 4. The Labute approximate surface area is 182 Å². The maximum absolute atomic E-state index is 13.3. The highest BCUT2D eigenvalue weighted by molar-refractivity contribution is 5.97. The lowest BCUT2D eigenvalue weighted by molar-refractivity contribution is 0.0729. The first-order valence-corrected chi connectivity index (χ1v) is 10.8. The van der Waals surface area contributed by atoms with E-state index in [4.69, 9.17) is 9.47 Å². The van der Waals surface area contributed by atoms with Crippen LogP contribution in [0.3, 0.4) is 0 Å². The predicted octanol–water partition coefficient (Wildman–Crippen LogP) is 6.72. The average molecular weight is 412 g/mol. The number of para-hydroxylation sites is 1. The Bertz CT molecular complexity index is 838. The topological polar surface area (TPSA) is 47.6 Å². The number of carbonyl (C=O) groups is 1. The highest BCUT2D eigenvalue weighted by Gasteiger charge is 2.30. The van der Waals surface area contributed by atoms with E-state index in [9.17, 15) is 4.79 Å². The van der Waals surface area contributed by atoms with Crippen molar-refractivity contribution in [2.45, 2.75) is 72.1 Å². The number of carbonyl (C=O) groups excluding carboxylic acids is 1. The number of methoxy groups -OCH3 is 1. The Kier molecular flexibility index (Phi) is 7.57. The molecule has 1 N–H and O–H groups in total. The van der Waals surface area contributed by atoms with Crippen LogP contribution in [0.4, 0.5) is 5.69 Å². The minimum atomic E-state index is -0.351. The van der Waals surface area contributed by atoms with E-state index in [0.29, 0.717) is 11.3 Å². The van der Waals surface area contributed by atoms with Gasteiger partial charge in [0.05, 0.1) is 12.7 Å². The SMILES string of the molecule is CCCCNc1ccccc1C(=O)Oc1c(C(C)(C)C)cc(OC)cc1C(C)(C)C. The van der Waals surface area contributed by atoms with Gasteiger partial charge in [-0.15, -0.1) is 0 Å². The van der Waals surface area contributed by atoms with Crippen LogP contribution in [0.25, 0.3) is 0 Å². The summed E-state index contributed by atoms with van der Waals surface area (Å²) in [4.78, 5) is 13.3. The molecule has 0 unspecified atom stereocenters. The van der Waals surface area contributed by atoms with Crippen LogP contribution in [0.15, 0.2) is 36.4 Å². The van der Waals surface area contributed by atoms with E-state index in [2.05, 4.69) is 53.8 Å². The second-order valence-corrected chi connectivity index (χ2v) is 9.77. The molecule has 0 heterocycles. The van der Waals surface area contributed by atoms with Gasteiger partial charge < -0.3 is 14.8 Å². The highest BCUT2D eigenvalue weighted by Crippen LogP contribution is 2.43. The van der Waals surface area contributed by atoms with Gasteiger partial charge in [0.2, 0.25) is 0 Å². The lowest BCUT2D eigenvalue weighted by Gasteiger charge is -2.30. The molecule has 0 bridgehead atoms. The number of nitrogens with one attached hydrogen (secondary N) is 1. The smallest absolute Gasteiger partial charge is 0.345 e. The van der Waals surface area contributed by atoms with Gasteiger partial charge >= 0.3 is 5.97 Å². The molecule has 164 valence electrons. The fraction of sp³-hybridized carbons (Fsp3) is 0.500. The fourth-order valence-electron chi connectivity index (χ4n) is 3.31. The molecule has 2 rings (SSSR count). The van der Waals surface area contributed by atoms with Crippen LogP contribution in [0.1, 0.15) is 82.8 Å². The Hall–Kier alpha value is -2.49. The van der Waals surface area contributed by atoms with Crippen LogP contribution in [0, 0.1) is 0 Å². The van der Waals surface area contributed by atoms with Gasteiger partial charge in [0.25, 0.3) is 0 Å². The highest BCUT2D eigenvalue weighted by atomic mass is 16.5. The minimum absolute atomic E-state index is 0.219. The van der Waals surface area contributed by atoms with Crippen LogP contribution >= 0.6 is 0 Å². The molecule has 0 atom stereocenters. The van der Waals surface area contributed by atoms with Crippen LogP contribution in [-0.2, 0) is 10.8 Å². The number of esters is 1. The summed E-state index contributed by atoms with van der Waals surface area (Å²) >= 11 is 0. The Morgan fingerprint density at radius 3 is 2.03 bits per heavy atom. The van der Waals surface area contributed by atoms with Crippen LogP contribution < -0.4 is 14.8 Å². The first kappa shape index (κ1) is 23.8.